The number of Topliss-reactive ketones (excluding diaryl/α,β-unsaturated/α-hetero) is 1. The van der Waals surface area contributed by atoms with Crippen molar-refractivity contribution in [3.05, 3.63) is 59.7 Å². The van der Waals surface area contributed by atoms with E-state index in [0.717, 1.165) is 11.3 Å². The number of ketones is 1. The zero-order chi connectivity index (χ0) is 15.4. The summed E-state index contributed by atoms with van der Waals surface area (Å²) < 4.78 is 0. The summed E-state index contributed by atoms with van der Waals surface area (Å²) in [6.07, 6.45) is 0. The molecular formula is C17H18N2O2. The number of para-hydroxylation sites is 1. The Hall–Kier alpha value is -2.62. The highest BCUT2D eigenvalue weighted by Gasteiger charge is 2.13. The van der Waals surface area contributed by atoms with E-state index in [2.05, 4.69) is 5.32 Å². The number of urea groups is 1. The van der Waals surface area contributed by atoms with Crippen molar-refractivity contribution in [2.24, 2.45) is 0 Å². The van der Waals surface area contributed by atoms with Gasteiger partial charge >= 0.3 is 6.03 Å². The molecule has 4 heteroatoms. The molecule has 4 nitrogen and oxygen atoms in total. The first-order valence-electron chi connectivity index (χ1n) is 6.70. The van der Waals surface area contributed by atoms with E-state index < -0.39 is 0 Å². The first kappa shape index (κ1) is 14.8. The van der Waals surface area contributed by atoms with E-state index in [1.54, 1.807) is 36.2 Å². The molecule has 0 bridgehead atoms. The average Bonchev–Trinajstić information content (AvgIpc) is 2.47. The number of carbonyl (C=O) groups excluding carboxylic acids is 2. The van der Waals surface area contributed by atoms with Crippen molar-refractivity contribution in [1.29, 1.82) is 0 Å². The lowest BCUT2D eigenvalue weighted by Gasteiger charge is -2.20. The SMILES string of the molecule is CC(=O)c1cccc(NC(=O)N(C)c2ccccc2C)c1. The van der Waals surface area contributed by atoms with Crippen molar-refractivity contribution in [2.75, 3.05) is 17.3 Å². The minimum absolute atomic E-state index is 0.0293. The van der Waals surface area contributed by atoms with Gasteiger partial charge in [0.15, 0.2) is 5.78 Å². The molecule has 0 heterocycles. The van der Waals surface area contributed by atoms with Crippen molar-refractivity contribution in [1.82, 2.24) is 0 Å². The molecule has 0 saturated carbocycles. The highest BCUT2D eigenvalue weighted by atomic mass is 16.2. The van der Waals surface area contributed by atoms with Crippen LogP contribution in [-0.4, -0.2) is 18.9 Å². The van der Waals surface area contributed by atoms with Crippen molar-refractivity contribution in [3.8, 4) is 0 Å². The maximum absolute atomic E-state index is 12.3. The topological polar surface area (TPSA) is 49.4 Å². The Labute approximate surface area is 124 Å². The number of rotatable bonds is 3. The van der Waals surface area contributed by atoms with Crippen LogP contribution in [0.2, 0.25) is 0 Å². The summed E-state index contributed by atoms with van der Waals surface area (Å²) in [5.74, 6) is -0.0293. The lowest BCUT2D eigenvalue weighted by atomic mass is 10.1. The van der Waals surface area contributed by atoms with E-state index >= 15 is 0 Å². The first-order chi connectivity index (χ1) is 9.99. The molecule has 0 radical (unpaired) electrons. The van der Waals surface area contributed by atoms with E-state index in [9.17, 15) is 9.59 Å². The van der Waals surface area contributed by atoms with Crippen molar-refractivity contribution in [3.63, 3.8) is 0 Å². The molecule has 0 aromatic heterocycles. The number of benzene rings is 2. The molecule has 0 aliphatic carbocycles. The molecule has 21 heavy (non-hydrogen) atoms. The third-order valence-corrected chi connectivity index (χ3v) is 3.30. The van der Waals surface area contributed by atoms with Crippen LogP contribution < -0.4 is 10.2 Å². The molecule has 0 unspecified atom stereocenters. The lowest BCUT2D eigenvalue weighted by molar-refractivity contribution is 0.101. The molecule has 0 fully saturated rings. The number of hydrogen-bond acceptors (Lipinski definition) is 2. The number of amides is 2. The number of nitrogens with one attached hydrogen (secondary N) is 1. The zero-order valence-electron chi connectivity index (χ0n) is 12.4. The Morgan fingerprint density at radius 3 is 2.43 bits per heavy atom. The van der Waals surface area contributed by atoms with Crippen LogP contribution in [0.5, 0.6) is 0 Å². The molecule has 2 aromatic carbocycles. The van der Waals surface area contributed by atoms with Crippen LogP contribution in [0.1, 0.15) is 22.8 Å². The second-order valence-electron chi connectivity index (χ2n) is 4.91. The second-order valence-corrected chi connectivity index (χ2v) is 4.91. The number of nitrogens with zero attached hydrogens (tertiary/aromatic N) is 1. The molecular weight excluding hydrogens is 264 g/mol. The Balaban J connectivity index is 2.16. The molecule has 0 saturated heterocycles. The quantitative estimate of drug-likeness (QED) is 0.869. The molecule has 2 amide bonds. The van der Waals surface area contributed by atoms with Crippen LogP contribution in [0.3, 0.4) is 0 Å². The summed E-state index contributed by atoms with van der Waals surface area (Å²) in [6, 6.07) is 14.3. The molecule has 0 aliphatic rings. The van der Waals surface area contributed by atoms with E-state index in [4.69, 9.17) is 0 Å². The van der Waals surface area contributed by atoms with Gasteiger partial charge < -0.3 is 5.32 Å². The minimum atomic E-state index is -0.245. The zero-order valence-corrected chi connectivity index (χ0v) is 12.4. The van der Waals surface area contributed by atoms with Gasteiger partial charge in [-0.1, -0.05) is 30.3 Å². The van der Waals surface area contributed by atoms with Crippen LogP contribution in [0.15, 0.2) is 48.5 Å². The maximum Gasteiger partial charge on any atom is 0.326 e. The Morgan fingerprint density at radius 2 is 1.76 bits per heavy atom. The second kappa shape index (κ2) is 6.22. The molecule has 1 N–H and O–H groups in total. The molecule has 0 atom stereocenters. The van der Waals surface area contributed by atoms with Gasteiger partial charge in [0.1, 0.15) is 0 Å². The third-order valence-electron chi connectivity index (χ3n) is 3.30. The summed E-state index contributed by atoms with van der Waals surface area (Å²) in [6.45, 7) is 3.45. The van der Waals surface area contributed by atoms with E-state index in [0.29, 0.717) is 11.3 Å². The van der Waals surface area contributed by atoms with Crippen LogP contribution in [0, 0.1) is 6.92 Å². The van der Waals surface area contributed by atoms with Gasteiger partial charge in [-0.2, -0.15) is 0 Å². The van der Waals surface area contributed by atoms with Gasteiger partial charge in [0.05, 0.1) is 0 Å². The molecule has 0 aliphatic heterocycles. The molecule has 2 rings (SSSR count). The summed E-state index contributed by atoms with van der Waals surface area (Å²) in [4.78, 5) is 25.2. The van der Waals surface area contributed by atoms with E-state index in [1.165, 1.54) is 6.92 Å². The standard InChI is InChI=1S/C17H18N2O2/c1-12-7-4-5-10-16(12)19(3)17(21)18-15-9-6-8-14(11-15)13(2)20/h4-11H,1-3H3,(H,18,21). The Morgan fingerprint density at radius 1 is 1.05 bits per heavy atom. The van der Waals surface area contributed by atoms with Gasteiger partial charge in [-0.3, -0.25) is 9.69 Å². The lowest BCUT2D eigenvalue weighted by Crippen LogP contribution is -2.31. The molecule has 2 aromatic rings. The largest absolute Gasteiger partial charge is 0.326 e. The summed E-state index contributed by atoms with van der Waals surface area (Å²) in [5, 5.41) is 2.80. The fourth-order valence-electron chi connectivity index (χ4n) is 2.07. The number of anilines is 2. The monoisotopic (exact) mass is 282 g/mol. The highest BCUT2D eigenvalue weighted by Crippen LogP contribution is 2.19. The van der Waals surface area contributed by atoms with Gasteiger partial charge in [0.2, 0.25) is 0 Å². The van der Waals surface area contributed by atoms with Crippen molar-refractivity contribution < 1.29 is 9.59 Å². The van der Waals surface area contributed by atoms with Crippen LogP contribution in [0.4, 0.5) is 16.2 Å². The van der Waals surface area contributed by atoms with E-state index in [-0.39, 0.29) is 11.8 Å². The summed E-state index contributed by atoms with van der Waals surface area (Å²) >= 11 is 0. The summed E-state index contributed by atoms with van der Waals surface area (Å²) in [5.41, 5.74) is 3.05. The van der Waals surface area contributed by atoms with Gasteiger partial charge in [0, 0.05) is 24.0 Å². The summed E-state index contributed by atoms with van der Waals surface area (Å²) in [7, 11) is 1.71. The Kier molecular flexibility index (Phi) is 4.38. The number of aryl methyl sites for hydroxylation is 1. The third kappa shape index (κ3) is 3.48. The average molecular weight is 282 g/mol. The van der Waals surface area contributed by atoms with Crippen LogP contribution in [0.25, 0.3) is 0 Å². The van der Waals surface area contributed by atoms with Crippen LogP contribution >= 0.6 is 0 Å². The number of carbonyl (C=O) groups is 2. The minimum Gasteiger partial charge on any atom is -0.308 e. The van der Waals surface area contributed by atoms with Crippen LogP contribution in [-0.2, 0) is 0 Å². The first-order valence-corrected chi connectivity index (χ1v) is 6.70. The molecule has 0 spiro atoms. The van der Waals surface area contributed by atoms with Gasteiger partial charge in [-0.15, -0.1) is 0 Å². The van der Waals surface area contributed by atoms with Gasteiger partial charge in [0.25, 0.3) is 0 Å². The normalized spacial score (nSPS) is 10.0. The van der Waals surface area contributed by atoms with Crippen molar-refractivity contribution >= 4 is 23.2 Å². The maximum atomic E-state index is 12.3. The Bertz CT molecular complexity index is 680. The smallest absolute Gasteiger partial charge is 0.308 e. The highest BCUT2D eigenvalue weighted by molar-refractivity contribution is 6.03. The fourth-order valence-corrected chi connectivity index (χ4v) is 2.07. The van der Waals surface area contributed by atoms with Crippen molar-refractivity contribution in [2.45, 2.75) is 13.8 Å². The van der Waals surface area contributed by atoms with Gasteiger partial charge in [-0.05, 0) is 37.6 Å². The predicted molar refractivity (Wildman–Crippen MR) is 85.0 cm³/mol. The van der Waals surface area contributed by atoms with E-state index in [1.807, 2.05) is 31.2 Å². The number of hydrogen-bond donors (Lipinski definition) is 1. The van der Waals surface area contributed by atoms with Gasteiger partial charge in [-0.25, -0.2) is 4.79 Å². The predicted octanol–water partition coefficient (Wildman–Crippen LogP) is 3.87. The fraction of sp³-hybridized carbons (Fsp3) is 0.176. The molecule has 108 valence electrons.